The third kappa shape index (κ3) is 4.20. The van der Waals surface area contributed by atoms with Crippen molar-refractivity contribution in [2.45, 2.75) is 12.8 Å². The number of nitro groups is 1. The van der Waals surface area contributed by atoms with E-state index in [9.17, 15) is 14.9 Å². The minimum absolute atomic E-state index is 0.0621. The van der Waals surface area contributed by atoms with E-state index in [0.717, 1.165) is 12.8 Å². The van der Waals surface area contributed by atoms with Gasteiger partial charge in [-0.05, 0) is 30.9 Å². The number of rotatable bonds is 4. The van der Waals surface area contributed by atoms with Crippen molar-refractivity contribution in [3.63, 3.8) is 0 Å². The number of nitrogens with zero attached hydrogens (tertiary/aromatic N) is 1. The molecule has 0 bridgehead atoms. The van der Waals surface area contributed by atoms with Crippen molar-refractivity contribution >= 4 is 11.8 Å². The van der Waals surface area contributed by atoms with Gasteiger partial charge in [0.05, 0.1) is 11.5 Å². The number of nitro benzene ring substituents is 1. The minimum Gasteiger partial charge on any atom is -0.434 e. The van der Waals surface area contributed by atoms with Crippen LogP contribution >= 0.6 is 0 Å². The molecular weight excluding hydrogens is 266 g/mol. The number of hydrogen-bond donors (Lipinski definition) is 0. The van der Waals surface area contributed by atoms with E-state index in [2.05, 4.69) is 0 Å². The monoisotopic (exact) mass is 281 g/mol. The zero-order chi connectivity index (χ0) is 14.4. The molecule has 1 aromatic rings. The summed E-state index contributed by atoms with van der Waals surface area (Å²) in [7, 11) is 0. The molecule has 108 valence electrons. The largest absolute Gasteiger partial charge is 0.513 e. The molecule has 2 rings (SSSR count). The predicted octanol–water partition coefficient (Wildman–Crippen LogP) is 2.54. The molecule has 1 aromatic carbocycles. The van der Waals surface area contributed by atoms with E-state index in [4.69, 9.17) is 14.2 Å². The maximum Gasteiger partial charge on any atom is 0.513 e. The number of non-ortho nitro benzene ring substituents is 1. The van der Waals surface area contributed by atoms with Crippen LogP contribution < -0.4 is 4.74 Å². The standard InChI is InChI=1S/C13H15NO6/c15-13(19-9-10-5-7-18-8-6-10)20-12-3-1-11(2-4-12)14(16)17/h1-4,10H,5-9H2. The molecule has 0 saturated carbocycles. The van der Waals surface area contributed by atoms with Crippen molar-refractivity contribution in [2.75, 3.05) is 19.8 Å². The second kappa shape index (κ2) is 6.85. The summed E-state index contributed by atoms with van der Waals surface area (Å²) in [5, 5.41) is 10.5. The van der Waals surface area contributed by atoms with Crippen molar-refractivity contribution in [3.8, 4) is 5.75 Å². The van der Waals surface area contributed by atoms with Crippen LogP contribution in [0.5, 0.6) is 5.75 Å². The first kappa shape index (κ1) is 14.3. The molecule has 7 nitrogen and oxygen atoms in total. The summed E-state index contributed by atoms with van der Waals surface area (Å²) in [4.78, 5) is 21.4. The van der Waals surface area contributed by atoms with Crippen LogP contribution in [0.4, 0.5) is 10.5 Å². The first-order chi connectivity index (χ1) is 9.65. The van der Waals surface area contributed by atoms with E-state index in [1.807, 2.05) is 0 Å². The van der Waals surface area contributed by atoms with Gasteiger partial charge in [0.2, 0.25) is 0 Å². The maximum absolute atomic E-state index is 11.5. The average Bonchev–Trinajstić information content (AvgIpc) is 2.47. The molecule has 1 fully saturated rings. The SMILES string of the molecule is O=C(OCC1CCOCC1)Oc1ccc([N+](=O)[O-])cc1. The van der Waals surface area contributed by atoms with Crippen molar-refractivity contribution in [1.29, 1.82) is 0 Å². The molecule has 20 heavy (non-hydrogen) atoms. The van der Waals surface area contributed by atoms with Gasteiger partial charge in [0.1, 0.15) is 5.75 Å². The Hall–Kier alpha value is -2.15. The molecule has 1 heterocycles. The molecule has 1 saturated heterocycles. The van der Waals surface area contributed by atoms with Gasteiger partial charge in [-0.3, -0.25) is 10.1 Å². The van der Waals surface area contributed by atoms with Crippen molar-refractivity contribution in [3.05, 3.63) is 34.4 Å². The van der Waals surface area contributed by atoms with Crippen LogP contribution in [-0.2, 0) is 9.47 Å². The van der Waals surface area contributed by atoms with Gasteiger partial charge in [-0.2, -0.15) is 0 Å². The average molecular weight is 281 g/mol. The van der Waals surface area contributed by atoms with Crippen LogP contribution in [0.1, 0.15) is 12.8 Å². The number of carbonyl (C=O) groups is 1. The number of carbonyl (C=O) groups excluding carboxylic acids is 1. The molecule has 0 aliphatic carbocycles. The molecule has 0 N–H and O–H groups in total. The van der Waals surface area contributed by atoms with Crippen LogP contribution in [0.3, 0.4) is 0 Å². The summed E-state index contributed by atoms with van der Waals surface area (Å²) >= 11 is 0. The Labute approximate surface area is 115 Å². The van der Waals surface area contributed by atoms with Crippen molar-refractivity contribution in [1.82, 2.24) is 0 Å². The smallest absolute Gasteiger partial charge is 0.434 e. The van der Waals surface area contributed by atoms with Crippen LogP contribution in [0.15, 0.2) is 24.3 Å². The second-order valence-electron chi connectivity index (χ2n) is 4.47. The highest BCUT2D eigenvalue weighted by atomic mass is 16.7. The summed E-state index contributed by atoms with van der Waals surface area (Å²) in [5.41, 5.74) is -0.0621. The predicted molar refractivity (Wildman–Crippen MR) is 68.6 cm³/mol. The fraction of sp³-hybridized carbons (Fsp3) is 0.462. The zero-order valence-corrected chi connectivity index (χ0v) is 10.8. The molecule has 0 spiro atoms. The fourth-order valence-corrected chi connectivity index (χ4v) is 1.86. The Balaban J connectivity index is 1.77. The Morgan fingerprint density at radius 2 is 1.95 bits per heavy atom. The molecule has 0 aromatic heterocycles. The molecule has 0 unspecified atom stereocenters. The molecule has 0 amide bonds. The van der Waals surface area contributed by atoms with Gasteiger partial charge in [0.25, 0.3) is 5.69 Å². The highest BCUT2D eigenvalue weighted by Crippen LogP contribution is 2.18. The van der Waals surface area contributed by atoms with Gasteiger partial charge in [0.15, 0.2) is 0 Å². The highest BCUT2D eigenvalue weighted by molar-refractivity contribution is 5.63. The van der Waals surface area contributed by atoms with E-state index in [1.165, 1.54) is 24.3 Å². The van der Waals surface area contributed by atoms with Crippen molar-refractivity contribution < 1.29 is 23.9 Å². The lowest BCUT2D eigenvalue weighted by atomic mass is 10.0. The topological polar surface area (TPSA) is 87.9 Å². The van der Waals surface area contributed by atoms with Gasteiger partial charge in [0, 0.05) is 25.3 Å². The van der Waals surface area contributed by atoms with Gasteiger partial charge in [-0.1, -0.05) is 0 Å². The third-order valence-electron chi connectivity index (χ3n) is 3.03. The summed E-state index contributed by atoms with van der Waals surface area (Å²) < 4.78 is 15.1. The fourth-order valence-electron chi connectivity index (χ4n) is 1.86. The lowest BCUT2D eigenvalue weighted by molar-refractivity contribution is -0.384. The third-order valence-corrected chi connectivity index (χ3v) is 3.03. The lowest BCUT2D eigenvalue weighted by Crippen LogP contribution is -2.23. The molecule has 1 aliphatic heterocycles. The van der Waals surface area contributed by atoms with E-state index in [1.54, 1.807) is 0 Å². The van der Waals surface area contributed by atoms with E-state index >= 15 is 0 Å². The van der Waals surface area contributed by atoms with Crippen molar-refractivity contribution in [2.24, 2.45) is 5.92 Å². The molecule has 7 heteroatoms. The Morgan fingerprint density at radius 3 is 2.55 bits per heavy atom. The van der Waals surface area contributed by atoms with E-state index in [-0.39, 0.29) is 11.4 Å². The number of hydrogen-bond acceptors (Lipinski definition) is 6. The molecular formula is C13H15NO6. The Morgan fingerprint density at radius 1 is 1.30 bits per heavy atom. The van der Waals surface area contributed by atoms with Gasteiger partial charge >= 0.3 is 6.16 Å². The van der Waals surface area contributed by atoms with Crippen LogP contribution in [0.25, 0.3) is 0 Å². The van der Waals surface area contributed by atoms with E-state index < -0.39 is 11.1 Å². The molecule has 0 radical (unpaired) electrons. The van der Waals surface area contributed by atoms with Crippen LogP contribution in [0, 0.1) is 16.0 Å². The zero-order valence-electron chi connectivity index (χ0n) is 10.8. The first-order valence-corrected chi connectivity index (χ1v) is 6.32. The summed E-state index contributed by atoms with van der Waals surface area (Å²) in [6.07, 6.45) is 0.931. The van der Waals surface area contributed by atoms with Gasteiger partial charge in [-0.25, -0.2) is 4.79 Å². The summed E-state index contributed by atoms with van der Waals surface area (Å²) in [6, 6.07) is 5.24. The molecule has 0 atom stereocenters. The van der Waals surface area contributed by atoms with Crippen LogP contribution in [0.2, 0.25) is 0 Å². The first-order valence-electron chi connectivity index (χ1n) is 6.32. The minimum atomic E-state index is -0.801. The Bertz CT molecular complexity index is 466. The molecule has 1 aliphatic rings. The van der Waals surface area contributed by atoms with Crippen LogP contribution in [-0.4, -0.2) is 30.9 Å². The quantitative estimate of drug-likeness (QED) is 0.365. The normalized spacial score (nSPS) is 15.6. The van der Waals surface area contributed by atoms with Gasteiger partial charge < -0.3 is 14.2 Å². The summed E-state index contributed by atoms with van der Waals surface area (Å²) in [5.74, 6) is 0.515. The summed E-state index contributed by atoms with van der Waals surface area (Å²) in [6.45, 7) is 1.67. The Kier molecular flexibility index (Phi) is 4.89. The highest BCUT2D eigenvalue weighted by Gasteiger charge is 2.17. The van der Waals surface area contributed by atoms with Gasteiger partial charge in [-0.15, -0.1) is 0 Å². The second-order valence-corrected chi connectivity index (χ2v) is 4.47. The van der Waals surface area contributed by atoms with E-state index in [0.29, 0.717) is 25.7 Å². The lowest BCUT2D eigenvalue weighted by Gasteiger charge is -2.21. The maximum atomic E-state index is 11.5. The number of ether oxygens (including phenoxy) is 3. The number of benzene rings is 1.